The van der Waals surface area contributed by atoms with Crippen LogP contribution < -0.4 is 10.0 Å². The summed E-state index contributed by atoms with van der Waals surface area (Å²) in [5.74, 6) is 0.188. The van der Waals surface area contributed by atoms with Gasteiger partial charge in [-0.15, -0.1) is 0 Å². The number of hydrogen-bond acceptors (Lipinski definition) is 5. The summed E-state index contributed by atoms with van der Waals surface area (Å²) >= 11 is 0. The minimum absolute atomic E-state index is 0.0535. The molecule has 1 atom stereocenters. The molecule has 1 aliphatic rings. The molecular formula is C12H27N3O3S. The Hall–Kier alpha value is -0.210. The third-order valence-corrected chi connectivity index (χ3v) is 4.62. The molecule has 0 aromatic heterocycles. The SMILES string of the molecule is CCNCCCS(=O)(=O)NC(C)CN1CCOCC1. The molecule has 7 heteroatoms. The smallest absolute Gasteiger partial charge is 0.211 e. The van der Waals surface area contributed by atoms with Gasteiger partial charge in [0, 0.05) is 25.7 Å². The van der Waals surface area contributed by atoms with Crippen molar-refractivity contribution in [3.63, 3.8) is 0 Å². The molecule has 114 valence electrons. The van der Waals surface area contributed by atoms with Crippen molar-refractivity contribution in [2.75, 3.05) is 51.7 Å². The molecule has 1 heterocycles. The summed E-state index contributed by atoms with van der Waals surface area (Å²) < 4.78 is 31.7. The molecule has 19 heavy (non-hydrogen) atoms. The second-order valence-corrected chi connectivity index (χ2v) is 6.83. The predicted molar refractivity (Wildman–Crippen MR) is 76.8 cm³/mol. The van der Waals surface area contributed by atoms with E-state index in [1.807, 2.05) is 13.8 Å². The first-order chi connectivity index (χ1) is 9.03. The highest BCUT2D eigenvalue weighted by atomic mass is 32.2. The van der Waals surface area contributed by atoms with Crippen LogP contribution in [0.3, 0.4) is 0 Å². The van der Waals surface area contributed by atoms with Crippen LogP contribution in [0.15, 0.2) is 0 Å². The molecule has 2 N–H and O–H groups in total. The lowest BCUT2D eigenvalue weighted by molar-refractivity contribution is 0.0354. The van der Waals surface area contributed by atoms with Crippen LogP contribution in [0, 0.1) is 0 Å². The number of nitrogens with zero attached hydrogens (tertiary/aromatic N) is 1. The fraction of sp³-hybridized carbons (Fsp3) is 1.00. The quantitative estimate of drug-likeness (QED) is 0.568. The Labute approximate surface area is 116 Å². The zero-order chi connectivity index (χ0) is 14.1. The molecule has 0 aliphatic carbocycles. The van der Waals surface area contributed by atoms with E-state index in [-0.39, 0.29) is 11.8 Å². The number of sulfonamides is 1. The summed E-state index contributed by atoms with van der Waals surface area (Å²) in [5, 5.41) is 3.13. The van der Waals surface area contributed by atoms with Crippen LogP contribution in [-0.2, 0) is 14.8 Å². The van der Waals surface area contributed by atoms with Crippen LogP contribution in [0.5, 0.6) is 0 Å². The monoisotopic (exact) mass is 293 g/mol. The van der Waals surface area contributed by atoms with E-state index >= 15 is 0 Å². The first kappa shape index (κ1) is 16.8. The van der Waals surface area contributed by atoms with E-state index in [4.69, 9.17) is 4.74 Å². The number of rotatable bonds is 9. The molecule has 0 spiro atoms. The van der Waals surface area contributed by atoms with E-state index in [1.165, 1.54) is 0 Å². The zero-order valence-corrected chi connectivity index (χ0v) is 12.8. The van der Waals surface area contributed by atoms with Crippen LogP contribution in [0.2, 0.25) is 0 Å². The van der Waals surface area contributed by atoms with Gasteiger partial charge in [-0.2, -0.15) is 0 Å². The fourth-order valence-corrected chi connectivity index (χ4v) is 3.47. The fourth-order valence-electron chi connectivity index (χ4n) is 2.14. The van der Waals surface area contributed by atoms with E-state index in [1.54, 1.807) is 0 Å². The Kier molecular flexibility index (Phi) is 7.86. The third-order valence-electron chi connectivity index (χ3n) is 3.03. The van der Waals surface area contributed by atoms with E-state index in [0.29, 0.717) is 6.42 Å². The Morgan fingerprint density at radius 3 is 2.63 bits per heavy atom. The molecule has 0 radical (unpaired) electrons. The summed E-state index contributed by atoms with van der Waals surface area (Å²) in [6.45, 7) is 9.53. The minimum atomic E-state index is -3.16. The van der Waals surface area contributed by atoms with Crippen molar-refractivity contribution in [1.82, 2.24) is 14.9 Å². The maximum Gasteiger partial charge on any atom is 0.211 e. The molecule has 1 aliphatic heterocycles. The third kappa shape index (κ3) is 7.84. The van der Waals surface area contributed by atoms with Crippen LogP contribution in [0.1, 0.15) is 20.3 Å². The summed E-state index contributed by atoms with van der Waals surface area (Å²) in [7, 11) is -3.16. The molecule has 0 aromatic carbocycles. The van der Waals surface area contributed by atoms with Crippen molar-refractivity contribution in [3.8, 4) is 0 Å². The average Bonchev–Trinajstić information content (AvgIpc) is 2.35. The molecule has 1 rings (SSSR count). The molecule has 1 saturated heterocycles. The maximum absolute atomic E-state index is 11.9. The van der Waals surface area contributed by atoms with Gasteiger partial charge < -0.3 is 10.1 Å². The first-order valence-corrected chi connectivity index (χ1v) is 8.69. The van der Waals surface area contributed by atoms with Gasteiger partial charge in [-0.25, -0.2) is 13.1 Å². The Bertz CT molecular complexity index is 329. The second-order valence-electron chi connectivity index (χ2n) is 4.96. The van der Waals surface area contributed by atoms with Gasteiger partial charge in [0.05, 0.1) is 19.0 Å². The lowest BCUT2D eigenvalue weighted by Crippen LogP contribution is -2.46. The van der Waals surface area contributed by atoms with Crippen molar-refractivity contribution >= 4 is 10.0 Å². The molecule has 6 nitrogen and oxygen atoms in total. The summed E-state index contributed by atoms with van der Waals surface area (Å²) in [5.41, 5.74) is 0. The molecule has 1 fully saturated rings. The number of hydrogen-bond donors (Lipinski definition) is 2. The van der Waals surface area contributed by atoms with Crippen LogP contribution in [0.4, 0.5) is 0 Å². The molecule has 0 aromatic rings. The topological polar surface area (TPSA) is 70.7 Å². The van der Waals surface area contributed by atoms with Crippen molar-refractivity contribution in [2.45, 2.75) is 26.3 Å². The van der Waals surface area contributed by atoms with Gasteiger partial charge in [0.1, 0.15) is 0 Å². The van der Waals surface area contributed by atoms with Crippen molar-refractivity contribution in [2.24, 2.45) is 0 Å². The lowest BCUT2D eigenvalue weighted by atomic mass is 10.3. The molecule has 0 bridgehead atoms. The van der Waals surface area contributed by atoms with E-state index < -0.39 is 10.0 Å². The van der Waals surface area contributed by atoms with Gasteiger partial charge in [0.15, 0.2) is 0 Å². The minimum Gasteiger partial charge on any atom is -0.379 e. The Balaban J connectivity index is 2.23. The van der Waals surface area contributed by atoms with Gasteiger partial charge in [-0.3, -0.25) is 4.90 Å². The van der Waals surface area contributed by atoms with Crippen LogP contribution in [-0.4, -0.2) is 71.0 Å². The van der Waals surface area contributed by atoms with E-state index in [0.717, 1.165) is 45.9 Å². The largest absolute Gasteiger partial charge is 0.379 e. The standard InChI is InChI=1S/C12H27N3O3S/c1-3-13-5-4-10-19(16,17)14-12(2)11-15-6-8-18-9-7-15/h12-14H,3-11H2,1-2H3. The van der Waals surface area contributed by atoms with Crippen molar-refractivity contribution in [3.05, 3.63) is 0 Å². The molecule has 0 saturated carbocycles. The molecular weight excluding hydrogens is 266 g/mol. The molecule has 0 amide bonds. The highest BCUT2D eigenvalue weighted by Crippen LogP contribution is 2.00. The summed E-state index contributed by atoms with van der Waals surface area (Å²) in [6.07, 6.45) is 0.646. The lowest BCUT2D eigenvalue weighted by Gasteiger charge is -2.29. The highest BCUT2D eigenvalue weighted by Gasteiger charge is 2.18. The normalized spacial score (nSPS) is 19.5. The van der Waals surface area contributed by atoms with Gasteiger partial charge in [0.2, 0.25) is 10.0 Å². The van der Waals surface area contributed by atoms with Gasteiger partial charge >= 0.3 is 0 Å². The second kappa shape index (κ2) is 8.86. The maximum atomic E-state index is 11.9. The van der Waals surface area contributed by atoms with Crippen molar-refractivity contribution in [1.29, 1.82) is 0 Å². The van der Waals surface area contributed by atoms with Crippen LogP contribution in [0.25, 0.3) is 0 Å². The highest BCUT2D eigenvalue weighted by molar-refractivity contribution is 7.89. The number of ether oxygens (including phenoxy) is 1. The van der Waals surface area contributed by atoms with Gasteiger partial charge in [-0.1, -0.05) is 6.92 Å². The number of nitrogens with one attached hydrogen (secondary N) is 2. The number of morpholine rings is 1. The Morgan fingerprint density at radius 2 is 2.00 bits per heavy atom. The van der Waals surface area contributed by atoms with Crippen molar-refractivity contribution < 1.29 is 13.2 Å². The first-order valence-electron chi connectivity index (χ1n) is 7.04. The molecule has 1 unspecified atom stereocenters. The predicted octanol–water partition coefficient (Wildman–Crippen LogP) is -0.374. The van der Waals surface area contributed by atoms with Crippen LogP contribution >= 0.6 is 0 Å². The van der Waals surface area contributed by atoms with E-state index in [9.17, 15) is 8.42 Å². The summed E-state index contributed by atoms with van der Waals surface area (Å²) in [6, 6.07) is -0.0535. The zero-order valence-electron chi connectivity index (χ0n) is 12.0. The van der Waals surface area contributed by atoms with E-state index in [2.05, 4.69) is 14.9 Å². The summed E-state index contributed by atoms with van der Waals surface area (Å²) in [4.78, 5) is 2.23. The average molecular weight is 293 g/mol. The van der Waals surface area contributed by atoms with Gasteiger partial charge in [0.25, 0.3) is 0 Å². The van der Waals surface area contributed by atoms with Gasteiger partial charge in [-0.05, 0) is 26.4 Å². The Morgan fingerprint density at radius 1 is 1.32 bits per heavy atom.